The number of hydrogen-bond donors (Lipinski definition) is 0. The van der Waals surface area contributed by atoms with Crippen LogP contribution in [0.5, 0.6) is 0 Å². The molecule has 21 heavy (non-hydrogen) atoms. The van der Waals surface area contributed by atoms with Gasteiger partial charge in [-0.05, 0) is 58.5 Å². The monoisotopic (exact) mass is 351 g/mol. The molecule has 0 amide bonds. The average Bonchev–Trinajstić information content (AvgIpc) is 2.06. The summed E-state index contributed by atoms with van der Waals surface area (Å²) < 4.78 is 25.5. The fourth-order valence-electron chi connectivity index (χ4n) is 1.39. The maximum atomic E-state index is 13.5. The topological polar surface area (TPSA) is 47.9 Å². The molecule has 4 nitrogen and oxygen atoms in total. The van der Waals surface area contributed by atoms with E-state index in [4.69, 9.17) is 8.43 Å². The third-order valence-corrected chi connectivity index (χ3v) is 9.99. The minimum Gasteiger partial charge on any atom is -0.350 e. The van der Waals surface area contributed by atoms with Crippen LogP contribution < -0.4 is 0 Å². The van der Waals surface area contributed by atoms with E-state index in [2.05, 4.69) is 25.8 Å². The van der Waals surface area contributed by atoms with Crippen LogP contribution in [-0.2, 0) is 13.0 Å². The van der Waals surface area contributed by atoms with Crippen LogP contribution in [-0.4, -0.2) is 28.1 Å². The van der Waals surface area contributed by atoms with Crippen molar-refractivity contribution in [3.05, 3.63) is 0 Å². The third-order valence-electron chi connectivity index (χ3n) is 2.23. The summed E-state index contributed by atoms with van der Waals surface area (Å²) in [6.45, 7) is 22.0. The van der Waals surface area contributed by atoms with Gasteiger partial charge in [-0.2, -0.15) is 0 Å². The van der Waals surface area contributed by atoms with E-state index < -0.39 is 29.5 Å². The first-order valence-corrected chi connectivity index (χ1v) is 15.8. The Balaban J connectivity index is 5.68. The molecular weight excluding hydrogens is 317 g/mol. The predicted molar refractivity (Wildman–Crippen MR) is 98.5 cm³/mol. The van der Waals surface area contributed by atoms with Crippen molar-refractivity contribution < 1.29 is 13.0 Å². The lowest BCUT2D eigenvalue weighted by molar-refractivity contribution is 0.349. The summed E-state index contributed by atoms with van der Waals surface area (Å²) in [5.74, 6) is 0. The maximum Gasteiger partial charge on any atom is 0.338 e. The molecule has 0 bridgehead atoms. The first-order chi connectivity index (χ1) is 8.87. The Bertz CT molecular complexity index is 409. The molecule has 0 aromatic carbocycles. The first-order valence-electron chi connectivity index (χ1n) is 7.45. The number of rotatable bonds is 6. The number of hydrogen-bond acceptors (Lipinski definition) is 4. The molecule has 0 saturated heterocycles. The van der Waals surface area contributed by atoms with E-state index in [0.717, 1.165) is 0 Å². The van der Waals surface area contributed by atoms with Crippen molar-refractivity contribution in [1.82, 2.24) is 0 Å². The SMILES string of the molecule is CC(C)(C)/C=N/C(C)(C)P(=O)(O[Si](C)(C)C)O[Si](C)(C)C. The molecule has 0 N–H and O–H groups in total. The second kappa shape index (κ2) is 6.40. The molecule has 0 spiro atoms. The van der Waals surface area contributed by atoms with Gasteiger partial charge in [-0.1, -0.05) is 20.8 Å². The van der Waals surface area contributed by atoms with Crippen molar-refractivity contribution in [3.63, 3.8) is 0 Å². The Kier molecular flexibility index (Phi) is 6.48. The lowest BCUT2D eigenvalue weighted by atomic mass is 9.99. The van der Waals surface area contributed by atoms with Gasteiger partial charge in [0.15, 0.2) is 21.9 Å². The second-order valence-electron chi connectivity index (χ2n) is 9.02. The molecule has 0 aliphatic heterocycles. The quantitative estimate of drug-likeness (QED) is 0.348. The van der Waals surface area contributed by atoms with Crippen molar-refractivity contribution in [2.45, 2.75) is 79.2 Å². The van der Waals surface area contributed by atoms with Gasteiger partial charge in [0.25, 0.3) is 0 Å². The molecule has 126 valence electrons. The molecule has 0 atom stereocenters. The van der Waals surface area contributed by atoms with Gasteiger partial charge in [-0.15, -0.1) is 0 Å². The van der Waals surface area contributed by atoms with Crippen molar-refractivity contribution in [1.29, 1.82) is 0 Å². The molecule has 0 aromatic heterocycles. The smallest absolute Gasteiger partial charge is 0.338 e. The van der Waals surface area contributed by atoms with Gasteiger partial charge in [-0.3, -0.25) is 9.56 Å². The first kappa shape index (κ1) is 21.3. The summed E-state index contributed by atoms with van der Waals surface area (Å²) in [4.78, 5) is 4.57. The van der Waals surface area contributed by atoms with E-state index in [1.165, 1.54) is 0 Å². The average molecular weight is 352 g/mol. The molecule has 0 saturated carbocycles. The molecule has 0 rings (SSSR count). The van der Waals surface area contributed by atoms with E-state index in [9.17, 15) is 4.57 Å². The lowest BCUT2D eigenvalue weighted by Crippen LogP contribution is -2.36. The highest BCUT2D eigenvalue weighted by Crippen LogP contribution is 2.63. The van der Waals surface area contributed by atoms with Gasteiger partial charge in [-0.25, -0.2) is 0 Å². The Morgan fingerprint density at radius 1 is 0.857 bits per heavy atom. The number of aliphatic imine (C=N–C) groups is 1. The van der Waals surface area contributed by atoms with E-state index in [1.54, 1.807) is 0 Å². The van der Waals surface area contributed by atoms with Gasteiger partial charge in [0.2, 0.25) is 0 Å². The van der Waals surface area contributed by atoms with Crippen molar-refractivity contribution >= 4 is 30.4 Å². The van der Waals surface area contributed by atoms with E-state index in [0.29, 0.717) is 0 Å². The molecular formula is C14H34NO3PSi2. The Hall–Kier alpha value is 0.254. The van der Waals surface area contributed by atoms with Gasteiger partial charge >= 0.3 is 7.60 Å². The zero-order valence-electron chi connectivity index (χ0n) is 15.7. The summed E-state index contributed by atoms with van der Waals surface area (Å²) in [5, 5.41) is -0.874. The molecule has 0 radical (unpaired) electrons. The fraction of sp³-hybridized carbons (Fsp3) is 0.929. The second-order valence-corrected chi connectivity index (χ2v) is 21.0. The zero-order valence-corrected chi connectivity index (χ0v) is 18.6. The van der Waals surface area contributed by atoms with Crippen LogP contribution in [0.4, 0.5) is 0 Å². The number of nitrogens with zero attached hydrogens (tertiary/aromatic N) is 1. The standard InChI is InChI=1S/C14H34NO3PSi2/c1-13(2,3)12-15-14(4,5)19(16,17-20(6,7)8)18-21(9,10)11/h12H,1-11H3/b15-12+. The summed E-state index contributed by atoms with van der Waals surface area (Å²) in [6.07, 6.45) is 1.85. The third kappa shape index (κ3) is 8.45. The fourth-order valence-corrected chi connectivity index (χ4v) is 9.62. The molecule has 0 unspecified atom stereocenters. The van der Waals surface area contributed by atoms with Crippen LogP contribution in [0.25, 0.3) is 0 Å². The largest absolute Gasteiger partial charge is 0.350 e. The van der Waals surface area contributed by atoms with Gasteiger partial charge in [0.1, 0.15) is 0 Å². The van der Waals surface area contributed by atoms with Crippen molar-refractivity contribution in [3.8, 4) is 0 Å². The predicted octanol–water partition coefficient (Wildman–Crippen LogP) is 5.74. The van der Waals surface area contributed by atoms with Gasteiger partial charge in [0.05, 0.1) is 0 Å². The summed E-state index contributed by atoms with van der Waals surface area (Å²) in [6, 6.07) is 0. The van der Waals surface area contributed by atoms with Crippen LogP contribution in [0.2, 0.25) is 39.3 Å². The van der Waals surface area contributed by atoms with E-state index in [1.807, 2.05) is 59.3 Å². The minimum atomic E-state index is -3.33. The minimum absolute atomic E-state index is 0.0690. The summed E-state index contributed by atoms with van der Waals surface area (Å²) in [5.41, 5.74) is -0.0690. The lowest BCUT2D eigenvalue weighted by Gasteiger charge is -2.38. The van der Waals surface area contributed by atoms with Crippen molar-refractivity contribution in [2.24, 2.45) is 10.4 Å². The molecule has 7 heteroatoms. The normalized spacial score (nSPS) is 15.8. The van der Waals surface area contributed by atoms with E-state index >= 15 is 0 Å². The molecule has 0 aliphatic carbocycles. The highest BCUT2D eigenvalue weighted by atomic mass is 31.2. The molecule has 0 heterocycles. The zero-order chi connectivity index (χ0) is 17.3. The Morgan fingerprint density at radius 2 is 1.19 bits per heavy atom. The molecule has 0 fully saturated rings. The highest BCUT2D eigenvalue weighted by molar-refractivity contribution is 7.58. The van der Waals surface area contributed by atoms with Gasteiger partial charge < -0.3 is 8.43 Å². The highest BCUT2D eigenvalue weighted by Gasteiger charge is 2.48. The molecule has 0 aliphatic rings. The van der Waals surface area contributed by atoms with Crippen LogP contribution in [0.1, 0.15) is 34.6 Å². The maximum absolute atomic E-state index is 13.5. The van der Waals surface area contributed by atoms with Crippen molar-refractivity contribution in [2.75, 3.05) is 0 Å². The summed E-state index contributed by atoms with van der Waals surface area (Å²) in [7, 11) is -7.36. The van der Waals surface area contributed by atoms with Crippen LogP contribution in [0.15, 0.2) is 4.99 Å². The van der Waals surface area contributed by atoms with Gasteiger partial charge in [0, 0.05) is 6.21 Å². The Morgan fingerprint density at radius 3 is 1.43 bits per heavy atom. The van der Waals surface area contributed by atoms with E-state index in [-0.39, 0.29) is 5.41 Å². The van der Waals surface area contributed by atoms with Crippen LogP contribution in [0.3, 0.4) is 0 Å². The molecule has 0 aromatic rings. The van der Waals surface area contributed by atoms with Crippen LogP contribution >= 0.6 is 7.60 Å². The summed E-state index contributed by atoms with van der Waals surface area (Å²) >= 11 is 0. The van der Waals surface area contributed by atoms with Crippen LogP contribution in [0, 0.1) is 5.41 Å². The Labute approximate surface area is 133 Å².